The second-order valence-corrected chi connectivity index (χ2v) is 9.50. The summed E-state index contributed by atoms with van der Waals surface area (Å²) in [6, 6.07) is 26.3. The highest BCUT2D eigenvalue weighted by molar-refractivity contribution is 7.80. The third-order valence-electron chi connectivity index (χ3n) is 5.09. The third-order valence-corrected chi connectivity index (χ3v) is 7.60. The van der Waals surface area contributed by atoms with E-state index in [1.54, 1.807) is 0 Å². The lowest BCUT2D eigenvalue weighted by Crippen LogP contribution is -2.23. The highest BCUT2D eigenvalue weighted by Crippen LogP contribution is 2.41. The molecule has 0 heterocycles. The van der Waals surface area contributed by atoms with Crippen molar-refractivity contribution in [3.05, 3.63) is 114 Å². The minimum atomic E-state index is -4.63. The molecule has 0 atom stereocenters. The summed E-state index contributed by atoms with van der Waals surface area (Å²) in [6.07, 6.45) is -9.24. The lowest BCUT2D eigenvalue weighted by molar-refractivity contribution is -0.138. The van der Waals surface area contributed by atoms with E-state index in [4.69, 9.17) is 0 Å². The first-order valence-electron chi connectivity index (χ1n) is 9.94. The monoisotopic (exact) mass is 474 g/mol. The van der Waals surface area contributed by atoms with Crippen LogP contribution in [-0.2, 0) is 12.4 Å². The van der Waals surface area contributed by atoms with Gasteiger partial charge in [0.2, 0.25) is 0 Å². The van der Waals surface area contributed by atoms with E-state index < -0.39 is 31.4 Å². The van der Waals surface area contributed by atoms with Crippen molar-refractivity contribution in [2.75, 3.05) is 0 Å². The van der Waals surface area contributed by atoms with Gasteiger partial charge < -0.3 is 0 Å². The lowest BCUT2D eigenvalue weighted by atomic mass is 10.0. The van der Waals surface area contributed by atoms with Gasteiger partial charge in [-0.1, -0.05) is 78.9 Å². The molecule has 0 aliphatic heterocycles. The van der Waals surface area contributed by atoms with Crippen molar-refractivity contribution in [3.63, 3.8) is 0 Å². The van der Waals surface area contributed by atoms with Crippen LogP contribution in [0.5, 0.6) is 0 Å². The summed E-state index contributed by atoms with van der Waals surface area (Å²) in [4.78, 5) is 0. The molecule has 0 radical (unpaired) electrons. The maximum Gasteiger partial charge on any atom is 0.416 e. The van der Waals surface area contributed by atoms with E-state index in [0.29, 0.717) is 5.30 Å². The Morgan fingerprint density at radius 1 is 0.485 bits per heavy atom. The van der Waals surface area contributed by atoms with Crippen molar-refractivity contribution >= 4 is 23.8 Å². The predicted molar refractivity (Wildman–Crippen MR) is 121 cm³/mol. The second kappa shape index (κ2) is 9.03. The van der Waals surface area contributed by atoms with Gasteiger partial charge >= 0.3 is 12.4 Å². The Balaban J connectivity index is 2.00. The standard InChI is InChI=1S/C26H17F6P/c27-25(28,29)19-9-7-8-18(16-19)23-17-20(26(30,31)32)14-15-24(23)33(21-10-3-1-4-11-21)22-12-5-2-6-13-22/h1-17H. The van der Waals surface area contributed by atoms with Gasteiger partial charge in [0.1, 0.15) is 0 Å². The van der Waals surface area contributed by atoms with Gasteiger partial charge in [-0.05, 0) is 59.2 Å². The van der Waals surface area contributed by atoms with Crippen LogP contribution in [-0.4, -0.2) is 0 Å². The quantitative estimate of drug-likeness (QED) is 0.218. The van der Waals surface area contributed by atoms with Gasteiger partial charge in [0, 0.05) is 0 Å². The van der Waals surface area contributed by atoms with E-state index in [0.717, 1.165) is 34.9 Å². The summed E-state index contributed by atoms with van der Waals surface area (Å²) < 4.78 is 80.8. The summed E-state index contributed by atoms with van der Waals surface area (Å²) in [5.74, 6) is 0. The van der Waals surface area contributed by atoms with Gasteiger partial charge in [-0.15, -0.1) is 0 Å². The molecule has 33 heavy (non-hydrogen) atoms. The van der Waals surface area contributed by atoms with Gasteiger partial charge in [-0.2, -0.15) is 26.3 Å². The van der Waals surface area contributed by atoms with Crippen LogP contribution in [0.4, 0.5) is 26.3 Å². The first-order chi connectivity index (χ1) is 15.6. The van der Waals surface area contributed by atoms with Crippen LogP contribution in [0.15, 0.2) is 103 Å². The lowest BCUT2D eigenvalue weighted by Gasteiger charge is -2.24. The average Bonchev–Trinajstić information content (AvgIpc) is 2.80. The van der Waals surface area contributed by atoms with Crippen LogP contribution >= 0.6 is 7.92 Å². The van der Waals surface area contributed by atoms with Gasteiger partial charge in [0.25, 0.3) is 0 Å². The largest absolute Gasteiger partial charge is 0.416 e. The SMILES string of the molecule is FC(F)(F)c1cccc(-c2cc(C(F)(F)F)ccc2P(c2ccccc2)c2ccccc2)c1. The number of rotatable bonds is 4. The molecule has 0 aliphatic rings. The summed E-state index contributed by atoms with van der Waals surface area (Å²) in [6.45, 7) is 0. The molecule has 0 unspecified atom stereocenters. The van der Waals surface area contributed by atoms with Gasteiger partial charge in [-0.25, -0.2) is 0 Å². The molecule has 0 aromatic heterocycles. The van der Waals surface area contributed by atoms with E-state index in [-0.39, 0.29) is 11.1 Å². The molecule has 0 aliphatic carbocycles. The predicted octanol–water partition coefficient (Wildman–Crippen LogP) is 7.15. The topological polar surface area (TPSA) is 0 Å². The molecule has 0 nitrogen and oxygen atoms in total. The minimum absolute atomic E-state index is 0.0882. The molecule has 0 saturated heterocycles. The second-order valence-electron chi connectivity index (χ2n) is 7.31. The molecule has 4 aromatic rings. The van der Waals surface area contributed by atoms with Gasteiger partial charge in [0.05, 0.1) is 11.1 Å². The summed E-state index contributed by atoms with van der Waals surface area (Å²) in [5.41, 5.74) is -1.60. The van der Waals surface area contributed by atoms with E-state index in [2.05, 4.69) is 0 Å². The normalized spacial score (nSPS) is 12.2. The molecular weight excluding hydrogens is 457 g/mol. The molecule has 0 fully saturated rings. The zero-order valence-electron chi connectivity index (χ0n) is 17.0. The smallest absolute Gasteiger partial charge is 0.166 e. The zero-order valence-corrected chi connectivity index (χ0v) is 17.9. The maximum absolute atomic E-state index is 13.6. The maximum atomic E-state index is 13.6. The molecule has 7 heteroatoms. The number of alkyl halides is 6. The van der Waals surface area contributed by atoms with E-state index in [9.17, 15) is 26.3 Å². The fraction of sp³-hybridized carbons (Fsp3) is 0.0769. The fourth-order valence-corrected chi connectivity index (χ4v) is 6.04. The Hall–Kier alpha value is -3.11. The molecule has 168 valence electrons. The van der Waals surface area contributed by atoms with Crippen LogP contribution in [0.1, 0.15) is 11.1 Å². The first-order valence-corrected chi connectivity index (χ1v) is 11.3. The highest BCUT2D eigenvalue weighted by atomic mass is 31.1. The van der Waals surface area contributed by atoms with Crippen molar-refractivity contribution in [2.24, 2.45) is 0 Å². The number of hydrogen-bond donors (Lipinski definition) is 0. The van der Waals surface area contributed by atoms with Crippen LogP contribution in [0.3, 0.4) is 0 Å². The zero-order chi connectivity index (χ0) is 23.6. The van der Waals surface area contributed by atoms with Crippen LogP contribution in [0, 0.1) is 0 Å². The number of halogens is 6. The molecule has 0 N–H and O–H groups in total. The van der Waals surface area contributed by atoms with Crippen molar-refractivity contribution in [1.29, 1.82) is 0 Å². The van der Waals surface area contributed by atoms with Gasteiger partial charge in [0.15, 0.2) is 0 Å². The number of hydrogen-bond acceptors (Lipinski definition) is 0. The molecule has 0 spiro atoms. The van der Waals surface area contributed by atoms with Crippen LogP contribution < -0.4 is 15.9 Å². The van der Waals surface area contributed by atoms with Crippen molar-refractivity contribution < 1.29 is 26.3 Å². The number of benzene rings is 4. The van der Waals surface area contributed by atoms with E-state index >= 15 is 0 Å². The van der Waals surface area contributed by atoms with E-state index in [1.165, 1.54) is 18.2 Å². The molecule has 0 amide bonds. The summed E-state index contributed by atoms with van der Waals surface area (Å²) >= 11 is 0. The Morgan fingerprint density at radius 2 is 1.00 bits per heavy atom. The Labute approximate surface area is 188 Å². The Bertz CT molecular complexity index is 1190. The molecular formula is C26H17F6P. The molecule has 0 saturated carbocycles. The Kier molecular flexibility index (Phi) is 6.31. The van der Waals surface area contributed by atoms with Crippen LogP contribution in [0.25, 0.3) is 11.1 Å². The fourth-order valence-electron chi connectivity index (χ4n) is 3.58. The van der Waals surface area contributed by atoms with Crippen LogP contribution in [0.2, 0.25) is 0 Å². The van der Waals surface area contributed by atoms with E-state index in [1.807, 2.05) is 60.7 Å². The molecule has 4 aromatic carbocycles. The summed E-state index contributed by atoms with van der Waals surface area (Å²) in [7, 11) is -1.32. The third kappa shape index (κ3) is 5.12. The van der Waals surface area contributed by atoms with Crippen molar-refractivity contribution in [2.45, 2.75) is 12.4 Å². The molecule has 0 bridgehead atoms. The Morgan fingerprint density at radius 3 is 1.52 bits per heavy atom. The first kappa shape index (κ1) is 23.1. The van der Waals surface area contributed by atoms with Crippen molar-refractivity contribution in [1.82, 2.24) is 0 Å². The average molecular weight is 474 g/mol. The highest BCUT2D eigenvalue weighted by Gasteiger charge is 2.33. The molecule has 4 rings (SSSR count). The minimum Gasteiger partial charge on any atom is -0.166 e. The summed E-state index contributed by atoms with van der Waals surface area (Å²) in [5, 5.41) is 2.31. The van der Waals surface area contributed by atoms with Gasteiger partial charge in [-0.3, -0.25) is 0 Å². The van der Waals surface area contributed by atoms with Crippen molar-refractivity contribution in [3.8, 4) is 11.1 Å².